The maximum atomic E-state index is 13.0. The first-order valence-corrected chi connectivity index (χ1v) is 9.01. The molecular weight excluding hydrogens is 338 g/mol. The molecule has 0 bridgehead atoms. The highest BCUT2D eigenvalue weighted by molar-refractivity contribution is 7.17. The lowest BCUT2D eigenvalue weighted by Gasteiger charge is -2.18. The fraction of sp³-hybridized carbons (Fsp3) is 0.263. The molecule has 0 saturated carbocycles. The van der Waals surface area contributed by atoms with Crippen molar-refractivity contribution in [3.63, 3.8) is 0 Å². The minimum absolute atomic E-state index is 0.181. The van der Waals surface area contributed by atoms with E-state index in [0.717, 1.165) is 24.8 Å². The lowest BCUT2D eigenvalue weighted by molar-refractivity contribution is 0.101. The normalized spacial score (nSPS) is 16.4. The van der Waals surface area contributed by atoms with Crippen LogP contribution in [0.15, 0.2) is 45.8 Å². The molecule has 0 radical (unpaired) electrons. The molecule has 1 atom stereocenters. The van der Waals surface area contributed by atoms with Gasteiger partial charge in [-0.1, -0.05) is 6.92 Å². The molecule has 3 heterocycles. The Morgan fingerprint density at radius 1 is 1.28 bits per heavy atom. The van der Waals surface area contributed by atoms with Crippen LogP contribution in [0.1, 0.15) is 50.3 Å². The molecule has 6 heteroatoms. The lowest BCUT2D eigenvalue weighted by atomic mass is 9.87. The van der Waals surface area contributed by atoms with Crippen molar-refractivity contribution in [1.82, 2.24) is 0 Å². The zero-order valence-corrected chi connectivity index (χ0v) is 14.5. The summed E-state index contributed by atoms with van der Waals surface area (Å²) in [5, 5.41) is 3.47. The van der Waals surface area contributed by atoms with Gasteiger partial charge >= 0.3 is 0 Å². The zero-order valence-electron chi connectivity index (χ0n) is 13.7. The smallest absolute Gasteiger partial charge is 0.259 e. The Balaban J connectivity index is 1.75. The first-order valence-electron chi connectivity index (χ1n) is 8.19. The SMILES string of the molecule is CC1CCc2c(sc(NC(=O)c3ccoc3)c2C(=O)c2ccco2)C1. The maximum Gasteiger partial charge on any atom is 0.259 e. The van der Waals surface area contributed by atoms with Gasteiger partial charge in [0.25, 0.3) is 5.91 Å². The van der Waals surface area contributed by atoms with Gasteiger partial charge in [-0.3, -0.25) is 9.59 Å². The number of carbonyl (C=O) groups excluding carboxylic acids is 2. The molecule has 0 spiro atoms. The van der Waals surface area contributed by atoms with Gasteiger partial charge in [0.2, 0.25) is 5.78 Å². The summed E-state index contributed by atoms with van der Waals surface area (Å²) >= 11 is 1.49. The van der Waals surface area contributed by atoms with Crippen LogP contribution >= 0.6 is 11.3 Å². The van der Waals surface area contributed by atoms with Crippen LogP contribution < -0.4 is 5.32 Å². The molecule has 1 amide bonds. The highest BCUT2D eigenvalue weighted by atomic mass is 32.1. The lowest BCUT2D eigenvalue weighted by Crippen LogP contribution is -2.15. The van der Waals surface area contributed by atoms with E-state index < -0.39 is 0 Å². The first kappa shape index (κ1) is 15.9. The van der Waals surface area contributed by atoms with Crippen molar-refractivity contribution in [1.29, 1.82) is 0 Å². The molecule has 5 nitrogen and oxygen atoms in total. The maximum absolute atomic E-state index is 13.0. The van der Waals surface area contributed by atoms with Gasteiger partial charge in [0.15, 0.2) is 5.76 Å². The van der Waals surface area contributed by atoms with Crippen LogP contribution in [0.25, 0.3) is 0 Å². The van der Waals surface area contributed by atoms with E-state index in [4.69, 9.17) is 8.83 Å². The molecule has 1 unspecified atom stereocenters. The summed E-state index contributed by atoms with van der Waals surface area (Å²) in [6.07, 6.45) is 7.13. The van der Waals surface area contributed by atoms with Crippen LogP contribution in [0, 0.1) is 5.92 Å². The van der Waals surface area contributed by atoms with Gasteiger partial charge in [0.05, 0.1) is 23.7 Å². The van der Waals surface area contributed by atoms with E-state index in [0.29, 0.717) is 22.0 Å². The van der Waals surface area contributed by atoms with Gasteiger partial charge in [-0.05, 0) is 48.9 Å². The van der Waals surface area contributed by atoms with Crippen molar-refractivity contribution >= 4 is 28.0 Å². The van der Waals surface area contributed by atoms with Crippen molar-refractivity contribution in [3.8, 4) is 0 Å². The Morgan fingerprint density at radius 3 is 2.88 bits per heavy atom. The Hall–Kier alpha value is -2.60. The van der Waals surface area contributed by atoms with Crippen LogP contribution in [-0.2, 0) is 12.8 Å². The molecular formula is C19H17NO4S. The molecule has 4 rings (SSSR count). The monoisotopic (exact) mass is 355 g/mol. The second-order valence-electron chi connectivity index (χ2n) is 6.33. The molecule has 128 valence electrons. The van der Waals surface area contributed by atoms with E-state index in [-0.39, 0.29) is 17.5 Å². The van der Waals surface area contributed by atoms with E-state index >= 15 is 0 Å². The number of fused-ring (bicyclic) bond motifs is 1. The van der Waals surface area contributed by atoms with Gasteiger partial charge in [-0.15, -0.1) is 11.3 Å². The number of hydrogen-bond acceptors (Lipinski definition) is 5. The minimum atomic E-state index is -0.283. The van der Waals surface area contributed by atoms with E-state index in [1.807, 2.05) is 0 Å². The second kappa shape index (κ2) is 6.37. The Labute approximate surface area is 148 Å². The molecule has 0 saturated heterocycles. The number of rotatable bonds is 4. The molecule has 1 aliphatic rings. The van der Waals surface area contributed by atoms with Crippen molar-refractivity contribution in [2.24, 2.45) is 5.92 Å². The van der Waals surface area contributed by atoms with Crippen LogP contribution in [0.2, 0.25) is 0 Å². The number of amides is 1. The van der Waals surface area contributed by atoms with Crippen molar-refractivity contribution < 1.29 is 18.4 Å². The van der Waals surface area contributed by atoms with Crippen molar-refractivity contribution in [2.45, 2.75) is 26.2 Å². The van der Waals surface area contributed by atoms with Gasteiger partial charge in [0.1, 0.15) is 11.3 Å². The van der Waals surface area contributed by atoms with Crippen LogP contribution in [0.4, 0.5) is 5.00 Å². The van der Waals surface area contributed by atoms with Crippen molar-refractivity contribution in [2.75, 3.05) is 5.32 Å². The fourth-order valence-electron chi connectivity index (χ4n) is 3.18. The topological polar surface area (TPSA) is 72.5 Å². The van der Waals surface area contributed by atoms with E-state index in [1.54, 1.807) is 18.2 Å². The summed E-state index contributed by atoms with van der Waals surface area (Å²) in [6, 6.07) is 4.94. The summed E-state index contributed by atoms with van der Waals surface area (Å²) in [6.45, 7) is 2.21. The van der Waals surface area contributed by atoms with Crippen LogP contribution in [-0.4, -0.2) is 11.7 Å². The molecule has 0 aromatic carbocycles. The third-order valence-corrected chi connectivity index (χ3v) is 5.66. The van der Waals surface area contributed by atoms with Gasteiger partial charge < -0.3 is 14.2 Å². The largest absolute Gasteiger partial charge is 0.472 e. The molecule has 3 aromatic heterocycles. The average molecular weight is 355 g/mol. The minimum Gasteiger partial charge on any atom is -0.472 e. The fourth-order valence-corrected chi connectivity index (χ4v) is 4.58. The summed E-state index contributed by atoms with van der Waals surface area (Å²) in [5.41, 5.74) is 2.04. The highest BCUT2D eigenvalue weighted by Gasteiger charge is 2.30. The summed E-state index contributed by atoms with van der Waals surface area (Å²) < 4.78 is 10.3. The molecule has 3 aromatic rings. The molecule has 25 heavy (non-hydrogen) atoms. The van der Waals surface area contributed by atoms with Crippen molar-refractivity contribution in [3.05, 3.63) is 64.3 Å². The van der Waals surface area contributed by atoms with Gasteiger partial charge in [0, 0.05) is 4.88 Å². The molecule has 0 aliphatic heterocycles. The Morgan fingerprint density at radius 2 is 2.16 bits per heavy atom. The molecule has 0 fully saturated rings. The third-order valence-electron chi connectivity index (χ3n) is 4.49. The number of carbonyl (C=O) groups is 2. The van der Waals surface area contributed by atoms with Gasteiger partial charge in [-0.2, -0.15) is 0 Å². The predicted octanol–water partition coefficient (Wildman–Crippen LogP) is 4.54. The number of furan rings is 2. The first-order chi connectivity index (χ1) is 12.1. The highest BCUT2D eigenvalue weighted by Crippen LogP contribution is 2.41. The number of hydrogen-bond donors (Lipinski definition) is 1. The van der Waals surface area contributed by atoms with Gasteiger partial charge in [-0.25, -0.2) is 0 Å². The molecule has 1 N–H and O–H groups in total. The Kier molecular flexibility index (Phi) is 4.05. The number of anilines is 1. The summed E-state index contributed by atoms with van der Waals surface area (Å²) in [5.74, 6) is 0.404. The number of ketones is 1. The number of nitrogens with one attached hydrogen (secondary N) is 1. The van der Waals surface area contributed by atoms with E-state index in [9.17, 15) is 9.59 Å². The van der Waals surface area contributed by atoms with Crippen LogP contribution in [0.5, 0.6) is 0 Å². The number of thiophene rings is 1. The second-order valence-corrected chi connectivity index (χ2v) is 7.43. The molecule has 1 aliphatic carbocycles. The van der Waals surface area contributed by atoms with E-state index in [2.05, 4.69) is 12.2 Å². The standard InChI is InChI=1S/C19H17NO4S/c1-11-4-5-13-15(9-11)25-19(20-18(22)12-6-8-23-10-12)16(13)17(21)14-3-2-7-24-14/h2-3,6-8,10-11H,4-5,9H2,1H3,(H,20,22). The zero-order chi connectivity index (χ0) is 17.4. The third kappa shape index (κ3) is 2.93. The quantitative estimate of drug-likeness (QED) is 0.697. The summed E-state index contributed by atoms with van der Waals surface area (Å²) in [7, 11) is 0. The average Bonchev–Trinajstić information content (AvgIpc) is 3.34. The van der Waals surface area contributed by atoms with E-state index in [1.165, 1.54) is 35.0 Å². The van der Waals surface area contributed by atoms with Crippen LogP contribution in [0.3, 0.4) is 0 Å². The predicted molar refractivity (Wildman–Crippen MR) is 94.3 cm³/mol. The summed E-state index contributed by atoms with van der Waals surface area (Å²) in [4.78, 5) is 26.5. The Bertz CT molecular complexity index is 906.